The Morgan fingerprint density at radius 2 is 1.89 bits per heavy atom. The van der Waals surface area contributed by atoms with Crippen LogP contribution in [0.25, 0.3) is 10.2 Å². The van der Waals surface area contributed by atoms with E-state index < -0.39 is 0 Å². The average molecular weight is 404 g/mol. The molecular weight excluding hydrogens is 382 g/mol. The van der Waals surface area contributed by atoms with Crippen LogP contribution in [0.3, 0.4) is 0 Å². The number of amides is 1. The maximum absolute atomic E-state index is 12.9. The van der Waals surface area contributed by atoms with Crippen molar-refractivity contribution in [2.24, 2.45) is 0 Å². The zero-order valence-corrected chi connectivity index (χ0v) is 17.0. The van der Waals surface area contributed by atoms with Gasteiger partial charge in [0.2, 0.25) is 5.91 Å². The lowest BCUT2D eigenvalue weighted by Crippen LogP contribution is -2.37. The first-order valence-electron chi connectivity index (χ1n) is 8.72. The maximum Gasteiger partial charge on any atom is 0.232 e. The van der Waals surface area contributed by atoms with Gasteiger partial charge in [0, 0.05) is 13.1 Å². The van der Waals surface area contributed by atoms with Crippen LogP contribution in [-0.2, 0) is 4.79 Å². The molecule has 0 aliphatic carbocycles. The van der Waals surface area contributed by atoms with E-state index in [1.165, 1.54) is 11.3 Å². The van der Waals surface area contributed by atoms with Crippen molar-refractivity contribution in [3.05, 3.63) is 53.6 Å². The monoisotopic (exact) mass is 403 g/mol. The van der Waals surface area contributed by atoms with Gasteiger partial charge in [-0.05, 0) is 38.4 Å². The van der Waals surface area contributed by atoms with Crippen LogP contribution >= 0.6 is 22.9 Å². The number of carbonyl (C=O) groups is 1. The third kappa shape index (κ3) is 5.19. The molecule has 1 heterocycles. The number of rotatable bonds is 8. The third-order valence-corrected chi connectivity index (χ3v) is 5.34. The van der Waals surface area contributed by atoms with Crippen LogP contribution in [0.1, 0.15) is 6.42 Å². The lowest BCUT2D eigenvalue weighted by atomic mass is 10.3. The van der Waals surface area contributed by atoms with Crippen molar-refractivity contribution in [2.45, 2.75) is 6.42 Å². The number of ether oxygens (including phenoxy) is 1. The van der Waals surface area contributed by atoms with Crippen LogP contribution in [0.4, 0.5) is 5.13 Å². The largest absolute Gasteiger partial charge is 0.493 e. The molecule has 0 spiro atoms. The zero-order valence-electron chi connectivity index (χ0n) is 15.4. The molecule has 2 aromatic carbocycles. The van der Waals surface area contributed by atoms with E-state index in [9.17, 15) is 4.79 Å². The van der Waals surface area contributed by atoms with Gasteiger partial charge in [-0.15, -0.1) is 0 Å². The molecule has 0 atom stereocenters. The van der Waals surface area contributed by atoms with Crippen molar-refractivity contribution in [1.82, 2.24) is 9.88 Å². The fourth-order valence-electron chi connectivity index (χ4n) is 2.55. The molecule has 3 rings (SSSR count). The van der Waals surface area contributed by atoms with Crippen LogP contribution in [0, 0.1) is 0 Å². The number of benzene rings is 2. The van der Waals surface area contributed by atoms with Gasteiger partial charge in [-0.1, -0.05) is 47.2 Å². The molecule has 1 aromatic heterocycles. The lowest BCUT2D eigenvalue weighted by Gasteiger charge is -2.22. The number of anilines is 1. The highest BCUT2D eigenvalue weighted by Gasteiger charge is 2.20. The first kappa shape index (κ1) is 19.6. The summed E-state index contributed by atoms with van der Waals surface area (Å²) in [5.74, 6) is 0.750. The van der Waals surface area contributed by atoms with Gasteiger partial charge in [0.15, 0.2) is 5.13 Å². The fraction of sp³-hybridized carbons (Fsp3) is 0.300. The highest BCUT2D eigenvalue weighted by atomic mass is 35.5. The number of thiazole rings is 1. The summed E-state index contributed by atoms with van der Waals surface area (Å²) in [7, 11) is 3.97. The Hall–Kier alpha value is -2.15. The molecule has 0 saturated carbocycles. The quantitative estimate of drug-likeness (QED) is 0.562. The van der Waals surface area contributed by atoms with Crippen molar-refractivity contribution in [3.63, 3.8) is 0 Å². The summed E-state index contributed by atoms with van der Waals surface area (Å²) in [6, 6.07) is 15.2. The predicted octanol–water partition coefficient (Wildman–Crippen LogP) is 4.31. The standard InChI is InChI=1S/C20H22ClN3O2S/c1-23(2)12-13-24(18(25)11-14-26-15-7-4-3-5-8-15)20-22-19-16(21)9-6-10-17(19)27-20/h3-10H,11-14H2,1-2H3. The molecule has 27 heavy (non-hydrogen) atoms. The summed E-state index contributed by atoms with van der Waals surface area (Å²) in [5, 5.41) is 1.27. The molecule has 0 radical (unpaired) electrons. The Morgan fingerprint density at radius 3 is 2.59 bits per heavy atom. The van der Waals surface area contributed by atoms with Crippen LogP contribution in [0.2, 0.25) is 5.02 Å². The average Bonchev–Trinajstić information content (AvgIpc) is 3.08. The summed E-state index contributed by atoms with van der Waals surface area (Å²) in [4.78, 5) is 21.3. The maximum atomic E-state index is 12.9. The summed E-state index contributed by atoms with van der Waals surface area (Å²) >= 11 is 7.73. The molecule has 5 nitrogen and oxygen atoms in total. The van der Waals surface area contributed by atoms with Gasteiger partial charge in [0.05, 0.1) is 22.8 Å². The first-order chi connectivity index (χ1) is 13.0. The van der Waals surface area contributed by atoms with Crippen LogP contribution in [0.15, 0.2) is 48.5 Å². The van der Waals surface area contributed by atoms with Gasteiger partial charge in [-0.2, -0.15) is 0 Å². The highest BCUT2D eigenvalue weighted by Crippen LogP contribution is 2.33. The highest BCUT2D eigenvalue weighted by molar-refractivity contribution is 7.22. The molecule has 0 aliphatic heterocycles. The number of fused-ring (bicyclic) bond motifs is 1. The second-order valence-electron chi connectivity index (χ2n) is 6.34. The molecule has 7 heteroatoms. The van der Waals surface area contributed by atoms with E-state index in [1.807, 2.05) is 67.5 Å². The van der Waals surface area contributed by atoms with Crippen molar-refractivity contribution in [3.8, 4) is 5.75 Å². The summed E-state index contributed by atoms with van der Waals surface area (Å²) < 4.78 is 6.64. The Bertz CT molecular complexity index is 899. The van der Waals surface area contributed by atoms with E-state index in [-0.39, 0.29) is 12.3 Å². The van der Waals surface area contributed by atoms with E-state index in [0.717, 1.165) is 22.5 Å². The molecule has 1 amide bonds. The Morgan fingerprint density at radius 1 is 1.11 bits per heavy atom. The number of likely N-dealkylation sites (N-methyl/N-ethyl adjacent to an activating group) is 1. The third-order valence-electron chi connectivity index (χ3n) is 3.99. The molecular formula is C20H22ClN3O2S. The molecule has 0 N–H and O–H groups in total. The minimum absolute atomic E-state index is 0.0111. The molecule has 0 fully saturated rings. The number of hydrogen-bond donors (Lipinski definition) is 0. The van der Waals surface area contributed by atoms with Crippen LogP contribution in [-0.4, -0.2) is 49.6 Å². The second-order valence-corrected chi connectivity index (χ2v) is 7.76. The minimum Gasteiger partial charge on any atom is -0.493 e. The number of hydrogen-bond acceptors (Lipinski definition) is 5. The second kappa shape index (κ2) is 9.17. The van der Waals surface area contributed by atoms with Crippen LogP contribution in [0.5, 0.6) is 5.75 Å². The molecule has 0 saturated heterocycles. The van der Waals surface area contributed by atoms with Crippen molar-refractivity contribution < 1.29 is 9.53 Å². The molecule has 0 bridgehead atoms. The first-order valence-corrected chi connectivity index (χ1v) is 9.92. The fourth-order valence-corrected chi connectivity index (χ4v) is 3.86. The Labute approximate surface area is 168 Å². The normalized spacial score (nSPS) is 11.1. The Balaban J connectivity index is 1.73. The van der Waals surface area contributed by atoms with E-state index in [2.05, 4.69) is 4.98 Å². The Kier molecular flexibility index (Phi) is 6.66. The minimum atomic E-state index is -0.0111. The number of aromatic nitrogens is 1. The zero-order chi connectivity index (χ0) is 19.2. The summed E-state index contributed by atoms with van der Waals surface area (Å²) in [5.41, 5.74) is 0.738. The van der Waals surface area contributed by atoms with Gasteiger partial charge in [-0.3, -0.25) is 9.69 Å². The van der Waals surface area contributed by atoms with Gasteiger partial charge >= 0.3 is 0 Å². The van der Waals surface area contributed by atoms with E-state index >= 15 is 0 Å². The predicted molar refractivity (Wildman–Crippen MR) is 112 cm³/mol. The number of halogens is 1. The van der Waals surface area contributed by atoms with Gasteiger partial charge in [0.25, 0.3) is 0 Å². The van der Waals surface area contributed by atoms with Gasteiger partial charge in [0.1, 0.15) is 11.3 Å². The summed E-state index contributed by atoms with van der Waals surface area (Å²) in [6.07, 6.45) is 0.284. The van der Waals surface area contributed by atoms with E-state index in [1.54, 1.807) is 4.90 Å². The van der Waals surface area contributed by atoms with Crippen LogP contribution < -0.4 is 9.64 Å². The SMILES string of the molecule is CN(C)CCN(C(=O)CCOc1ccccc1)c1nc2c(Cl)cccc2s1. The smallest absolute Gasteiger partial charge is 0.232 e. The number of carbonyl (C=O) groups excluding carboxylic acids is 1. The van der Waals surface area contributed by atoms with Gasteiger partial charge < -0.3 is 9.64 Å². The summed E-state index contributed by atoms with van der Waals surface area (Å²) in [6.45, 7) is 1.64. The number of para-hydroxylation sites is 2. The van der Waals surface area contributed by atoms with Crippen molar-refractivity contribution in [2.75, 3.05) is 38.7 Å². The lowest BCUT2D eigenvalue weighted by molar-refractivity contribution is -0.119. The van der Waals surface area contributed by atoms with Crippen molar-refractivity contribution >= 4 is 44.2 Å². The van der Waals surface area contributed by atoms with E-state index in [4.69, 9.17) is 16.3 Å². The van der Waals surface area contributed by atoms with Crippen molar-refractivity contribution in [1.29, 1.82) is 0 Å². The molecule has 142 valence electrons. The molecule has 0 unspecified atom stereocenters. The topological polar surface area (TPSA) is 45.7 Å². The number of nitrogens with zero attached hydrogens (tertiary/aromatic N) is 3. The van der Waals surface area contributed by atoms with E-state index in [0.29, 0.717) is 23.3 Å². The van der Waals surface area contributed by atoms with Gasteiger partial charge in [-0.25, -0.2) is 4.98 Å². The molecule has 0 aliphatic rings. The molecule has 3 aromatic rings.